The Labute approximate surface area is 426 Å². The van der Waals surface area contributed by atoms with Gasteiger partial charge in [0, 0.05) is 66.4 Å². The molecule has 0 bridgehead atoms. The summed E-state index contributed by atoms with van der Waals surface area (Å²) in [6.07, 6.45) is 8.65. The van der Waals surface area contributed by atoms with Crippen LogP contribution < -0.4 is 73.9 Å². The molecule has 0 fully saturated rings. The molecular weight excluding hydrogens is 931 g/mol. The molecule has 0 saturated carbocycles. The summed E-state index contributed by atoms with van der Waals surface area (Å²) in [6, 6.07) is 11.3. The molecule has 65 heavy (non-hydrogen) atoms. The molecule has 350 valence electrons. The number of allylic oxidation sites excluding steroid dienone is 3. The monoisotopic (exact) mass is 986 g/mol. The van der Waals surface area contributed by atoms with Crippen molar-refractivity contribution in [1.29, 1.82) is 0 Å². The third kappa shape index (κ3) is 19.8. The van der Waals surface area contributed by atoms with Gasteiger partial charge in [-0.15, -0.1) is 0 Å². The number of fused-ring (bicyclic) bond motifs is 2. The van der Waals surface area contributed by atoms with Gasteiger partial charge in [0.2, 0.25) is 5.36 Å². The number of carbonyl (C=O) groups is 1. The average molecular weight is 987 g/mol. The maximum Gasteiger partial charge on any atom is 1.00 e. The van der Waals surface area contributed by atoms with Crippen LogP contribution in [0.2, 0.25) is 0 Å². The molecule has 1 atom stereocenters. The van der Waals surface area contributed by atoms with Gasteiger partial charge in [-0.3, -0.25) is 4.79 Å². The zero-order valence-corrected chi connectivity index (χ0v) is 43.9. The SMILES string of the molecule is COCCOCCOCCOCC[N+](CCCS(=O)(=O)[O-])=c1ccc2c(/C=C/C=C3/N(CCCCCC(=O)O)c4ccc(S(=O)(=O)[O-])cc4C3(C)CCCS(=O)(=O)[O-])ccoc-2c1.[Na+].[Na+]. The molecule has 2 aliphatic heterocycles. The molecule has 4 rings (SSSR count). The van der Waals surface area contributed by atoms with Crippen molar-refractivity contribution in [3.05, 3.63) is 83.1 Å². The predicted molar refractivity (Wildman–Crippen MR) is 230 cm³/mol. The number of benzene rings is 2. The van der Waals surface area contributed by atoms with E-state index in [0.29, 0.717) is 100 Å². The van der Waals surface area contributed by atoms with E-state index in [0.717, 1.165) is 11.1 Å². The fraction of sp³-hybridized carbons (Fsp3) is 0.524. The third-order valence-electron chi connectivity index (χ3n) is 10.5. The van der Waals surface area contributed by atoms with E-state index in [2.05, 4.69) is 0 Å². The van der Waals surface area contributed by atoms with Gasteiger partial charge in [0.25, 0.3) is 0 Å². The van der Waals surface area contributed by atoms with Gasteiger partial charge in [-0.25, -0.2) is 29.8 Å². The van der Waals surface area contributed by atoms with E-state index in [9.17, 15) is 43.7 Å². The molecule has 3 aliphatic rings. The maximum absolute atomic E-state index is 12.1. The molecule has 2 heterocycles. The van der Waals surface area contributed by atoms with E-state index in [4.69, 9.17) is 28.5 Å². The van der Waals surface area contributed by atoms with Crippen molar-refractivity contribution in [1.82, 2.24) is 4.58 Å². The second-order valence-corrected chi connectivity index (χ2v) is 19.5. The summed E-state index contributed by atoms with van der Waals surface area (Å²) in [5.41, 5.74) is 2.14. The Kier molecular flexibility index (Phi) is 25.9. The van der Waals surface area contributed by atoms with Crippen LogP contribution in [0.15, 0.2) is 75.9 Å². The Morgan fingerprint density at radius 1 is 0.800 bits per heavy atom. The van der Waals surface area contributed by atoms with Crippen LogP contribution >= 0.6 is 0 Å². The molecule has 1 aliphatic carbocycles. The van der Waals surface area contributed by atoms with Gasteiger partial charge in [-0.1, -0.05) is 18.6 Å². The molecule has 0 saturated heterocycles. The first-order valence-corrected chi connectivity index (χ1v) is 25.1. The number of hydrogen-bond acceptors (Lipinski definition) is 16. The van der Waals surface area contributed by atoms with Crippen LogP contribution in [0.25, 0.3) is 17.4 Å². The van der Waals surface area contributed by atoms with Gasteiger partial charge < -0.3 is 47.0 Å². The normalized spacial score (nSPS) is 16.4. The smallest absolute Gasteiger partial charge is 0.748 e. The maximum atomic E-state index is 12.1. The number of carboxylic acids is 1. The summed E-state index contributed by atoms with van der Waals surface area (Å²) in [6.45, 7) is 5.56. The van der Waals surface area contributed by atoms with Gasteiger partial charge in [-0.2, -0.15) is 0 Å². The molecule has 0 amide bonds. The number of ether oxygens (including phenoxy) is 4. The number of unbranched alkanes of at least 4 members (excludes halogenated alkanes) is 2. The molecule has 1 aromatic rings. The van der Waals surface area contributed by atoms with E-state index in [-0.39, 0.29) is 97.9 Å². The number of aliphatic carboxylic acids is 1. The largest absolute Gasteiger partial charge is 1.00 e. The van der Waals surface area contributed by atoms with Gasteiger partial charge >= 0.3 is 65.1 Å². The fourth-order valence-electron chi connectivity index (χ4n) is 7.38. The second kappa shape index (κ2) is 28.5. The van der Waals surface area contributed by atoms with Gasteiger partial charge in [-0.05, 0) is 80.1 Å². The first kappa shape index (κ1) is 59.1. The summed E-state index contributed by atoms with van der Waals surface area (Å²) in [7, 11) is -12.3. The average Bonchev–Trinajstić information content (AvgIpc) is 3.43. The number of anilines is 1. The molecule has 0 aromatic heterocycles. The zero-order chi connectivity index (χ0) is 46.1. The number of rotatable bonds is 29. The van der Waals surface area contributed by atoms with Crippen molar-refractivity contribution in [2.45, 2.75) is 62.2 Å². The van der Waals surface area contributed by atoms with Crippen LogP contribution in [-0.2, 0) is 59.5 Å². The van der Waals surface area contributed by atoms with Crippen LogP contribution in [0.5, 0.6) is 0 Å². The van der Waals surface area contributed by atoms with E-state index in [1.165, 1.54) is 24.5 Å². The molecular formula is C42H56N2Na2O16S3. The van der Waals surface area contributed by atoms with Crippen molar-refractivity contribution in [2.75, 3.05) is 89.4 Å². The standard InChI is InChI=1S/C42H58N2O16S3.2Na/c1-42(17-7-29-61(47,48)49)37-32-35(63(53,54)55)13-15-38(37)44(19-5-3-4-11-41(45)46)40(42)10-6-9-33-16-21-60-39-31-34(12-14-36(33)39)43(18-8-30-62(50,51)52)20-22-57-25-26-59-28-27-58-24-23-56-2;;/h6,9-10,12-16,21,31-32H,3-5,7-8,11,17-20,22-30H2,1-2H3,(H3-,45,46,47,48,49,50,51,52,53,54,55);;/q;2*+1/p-2. The first-order valence-electron chi connectivity index (χ1n) is 20.5. The van der Waals surface area contributed by atoms with Crippen LogP contribution in [-0.4, -0.2) is 134 Å². The van der Waals surface area contributed by atoms with Crippen LogP contribution in [0.1, 0.15) is 63.0 Å². The first-order chi connectivity index (χ1) is 29.8. The Morgan fingerprint density at radius 2 is 1.45 bits per heavy atom. The van der Waals surface area contributed by atoms with Crippen molar-refractivity contribution >= 4 is 48.1 Å². The minimum atomic E-state index is -4.86. The predicted octanol–water partition coefficient (Wildman–Crippen LogP) is -2.65. The van der Waals surface area contributed by atoms with E-state index < -0.39 is 58.1 Å². The minimum Gasteiger partial charge on any atom is -0.748 e. The summed E-state index contributed by atoms with van der Waals surface area (Å²) >= 11 is 0. The van der Waals surface area contributed by atoms with Crippen molar-refractivity contribution < 1.29 is 131 Å². The Morgan fingerprint density at radius 3 is 2.08 bits per heavy atom. The third-order valence-corrected chi connectivity index (χ3v) is 12.9. The molecule has 0 radical (unpaired) electrons. The second-order valence-electron chi connectivity index (χ2n) is 15.1. The van der Waals surface area contributed by atoms with Gasteiger partial charge in [0.15, 0.2) is 6.54 Å². The molecule has 1 N–H and O–H groups in total. The van der Waals surface area contributed by atoms with Gasteiger partial charge in [0.1, 0.15) is 29.0 Å². The topological polar surface area (TPSA) is 265 Å². The summed E-state index contributed by atoms with van der Waals surface area (Å²) in [5, 5.41) is 9.82. The molecule has 18 nitrogen and oxygen atoms in total. The Hall–Kier alpha value is -2.03. The van der Waals surface area contributed by atoms with Crippen LogP contribution in [0.4, 0.5) is 5.69 Å². The fourth-order valence-corrected chi connectivity index (χ4v) is 8.86. The van der Waals surface area contributed by atoms with Crippen molar-refractivity contribution in [3.8, 4) is 11.3 Å². The molecule has 23 heteroatoms. The van der Waals surface area contributed by atoms with E-state index in [1.54, 1.807) is 32.2 Å². The number of nitrogens with zero attached hydrogens (tertiary/aromatic N) is 2. The van der Waals surface area contributed by atoms with E-state index >= 15 is 0 Å². The van der Waals surface area contributed by atoms with Crippen molar-refractivity contribution in [3.63, 3.8) is 0 Å². The van der Waals surface area contributed by atoms with Crippen molar-refractivity contribution in [2.24, 2.45) is 0 Å². The van der Waals surface area contributed by atoms with Gasteiger partial charge in [0.05, 0.1) is 77.1 Å². The summed E-state index contributed by atoms with van der Waals surface area (Å²) in [4.78, 5) is 12.6. The molecule has 1 unspecified atom stereocenters. The van der Waals surface area contributed by atoms with Crippen LogP contribution in [0.3, 0.4) is 0 Å². The summed E-state index contributed by atoms with van der Waals surface area (Å²) in [5.74, 6) is -1.60. The minimum absolute atomic E-state index is 0. The Bertz CT molecular complexity index is 2430. The quantitative estimate of drug-likeness (QED) is 0.0322. The zero-order valence-electron chi connectivity index (χ0n) is 37.5. The number of carboxylic acid groups (broad SMARTS) is 1. The van der Waals surface area contributed by atoms with E-state index in [1.807, 2.05) is 33.8 Å². The molecule has 1 aromatic carbocycles. The number of methoxy groups -OCH3 is 1. The Balaban J connectivity index is 0.00000726. The number of hydrogen-bond donors (Lipinski definition) is 1. The summed E-state index contributed by atoms with van der Waals surface area (Å²) < 4.78 is 135. The van der Waals surface area contributed by atoms with Crippen LogP contribution in [0, 0.1) is 0 Å². The molecule has 0 spiro atoms.